The lowest BCUT2D eigenvalue weighted by Crippen LogP contribution is -2.10. The molecule has 0 aromatic carbocycles. The maximum atomic E-state index is 12.3. The number of nitrogens with one attached hydrogen (secondary N) is 1. The summed E-state index contributed by atoms with van der Waals surface area (Å²) in [6.45, 7) is 6.31. The van der Waals surface area contributed by atoms with Crippen LogP contribution >= 0.6 is 11.3 Å². The van der Waals surface area contributed by atoms with Gasteiger partial charge in [-0.1, -0.05) is 0 Å². The number of hydrogen-bond acceptors (Lipinski definition) is 7. The number of ether oxygens (including phenoxy) is 1. The van der Waals surface area contributed by atoms with Crippen LogP contribution in [0.3, 0.4) is 0 Å². The molecule has 0 saturated heterocycles. The van der Waals surface area contributed by atoms with Gasteiger partial charge in [-0.25, -0.2) is 9.78 Å². The quantitative estimate of drug-likeness (QED) is 0.686. The molecule has 3 rings (SSSR count). The monoisotopic (exact) mass is 345 g/mol. The minimum absolute atomic E-state index is 0.304. The second kappa shape index (κ2) is 7.00. The highest BCUT2D eigenvalue weighted by atomic mass is 32.1. The molecule has 7 heteroatoms. The molecule has 1 N–H and O–H groups in total. The van der Waals surface area contributed by atoms with E-state index >= 15 is 0 Å². The summed E-state index contributed by atoms with van der Waals surface area (Å²) >= 11 is 1.68. The fourth-order valence-electron chi connectivity index (χ4n) is 2.56. The lowest BCUT2D eigenvalue weighted by atomic mass is 10.1. The average Bonchev–Trinajstić information content (AvgIpc) is 3.14. The second-order valence-corrected chi connectivity index (χ2v) is 6.14. The van der Waals surface area contributed by atoms with Crippen molar-refractivity contribution in [1.29, 1.82) is 0 Å². The fourth-order valence-corrected chi connectivity index (χ4v) is 3.26. The van der Waals surface area contributed by atoms with Gasteiger partial charge in [-0.15, -0.1) is 0 Å². The lowest BCUT2D eigenvalue weighted by molar-refractivity contribution is 0.0526. The molecule has 3 heterocycles. The zero-order chi connectivity index (χ0) is 17.1. The Hall–Kier alpha value is -2.41. The Morgan fingerprint density at radius 2 is 2.21 bits per heavy atom. The van der Waals surface area contributed by atoms with Crippen LogP contribution in [0.1, 0.15) is 34.4 Å². The molecule has 126 valence electrons. The van der Waals surface area contributed by atoms with E-state index in [1.165, 1.54) is 5.56 Å². The first-order valence-electron chi connectivity index (χ1n) is 7.80. The Bertz CT molecular complexity index is 856. The van der Waals surface area contributed by atoms with Crippen molar-refractivity contribution < 1.29 is 13.9 Å². The molecule has 3 aromatic rings. The Kier molecular flexibility index (Phi) is 4.80. The number of carbonyl (C=O) groups is 1. The number of fused-ring (bicyclic) bond motifs is 1. The molecule has 0 radical (unpaired) electrons. The minimum Gasteiger partial charge on any atom is -0.462 e. The second-order valence-electron chi connectivity index (χ2n) is 5.36. The molecule has 6 nitrogen and oxygen atoms in total. The van der Waals surface area contributed by atoms with Crippen molar-refractivity contribution in [3.63, 3.8) is 0 Å². The number of nitrogens with zero attached hydrogens (tertiary/aromatic N) is 2. The zero-order valence-corrected chi connectivity index (χ0v) is 14.7. The molecule has 0 bridgehead atoms. The van der Waals surface area contributed by atoms with Crippen LogP contribution in [0.5, 0.6) is 0 Å². The van der Waals surface area contributed by atoms with Crippen molar-refractivity contribution in [3.05, 3.63) is 39.5 Å². The Balaban J connectivity index is 1.94. The van der Waals surface area contributed by atoms with E-state index in [9.17, 15) is 4.79 Å². The van der Waals surface area contributed by atoms with Gasteiger partial charge in [0, 0.05) is 6.54 Å². The molecule has 0 saturated carbocycles. The molecule has 0 fully saturated rings. The Labute approximate surface area is 143 Å². The third kappa shape index (κ3) is 3.26. The molecule has 0 atom stereocenters. The molecular formula is C17H19N3O3S. The first kappa shape index (κ1) is 16.4. The van der Waals surface area contributed by atoms with Crippen molar-refractivity contribution in [2.24, 2.45) is 0 Å². The van der Waals surface area contributed by atoms with E-state index in [4.69, 9.17) is 9.15 Å². The number of hydrogen-bond donors (Lipinski definition) is 1. The maximum Gasteiger partial charge on any atom is 0.342 e. The number of carbonyl (C=O) groups excluding carboxylic acids is 1. The highest BCUT2D eigenvalue weighted by molar-refractivity contribution is 7.07. The summed E-state index contributed by atoms with van der Waals surface area (Å²) in [5, 5.41) is 8.06. The number of anilines is 1. The van der Waals surface area contributed by atoms with Crippen LogP contribution in [0.25, 0.3) is 11.1 Å². The molecular weight excluding hydrogens is 326 g/mol. The summed E-state index contributed by atoms with van der Waals surface area (Å²) in [5.74, 6) is 1.27. The van der Waals surface area contributed by atoms with Crippen LogP contribution in [-0.2, 0) is 11.2 Å². The molecule has 0 unspecified atom stereocenters. The normalized spacial score (nSPS) is 11.0. The summed E-state index contributed by atoms with van der Waals surface area (Å²) in [6, 6.07) is 2.10. The molecule has 0 spiro atoms. The Morgan fingerprint density at radius 3 is 2.92 bits per heavy atom. The van der Waals surface area contributed by atoms with Gasteiger partial charge in [0.1, 0.15) is 23.0 Å². The number of aromatic nitrogens is 2. The van der Waals surface area contributed by atoms with Crippen LogP contribution < -0.4 is 5.32 Å². The van der Waals surface area contributed by atoms with Gasteiger partial charge in [-0.05, 0) is 49.6 Å². The van der Waals surface area contributed by atoms with E-state index in [0.717, 1.165) is 6.42 Å². The standard InChI is InChI=1S/C17H19N3O3S/c1-4-22-17(21)13-10(2)23-16-14(13)15(19-11(3)20-16)18-7-5-12-6-8-24-9-12/h6,8-9H,4-5,7H2,1-3H3,(H,18,19,20). The van der Waals surface area contributed by atoms with Crippen LogP contribution in [-0.4, -0.2) is 29.1 Å². The van der Waals surface area contributed by atoms with Gasteiger partial charge in [-0.3, -0.25) is 0 Å². The van der Waals surface area contributed by atoms with Crippen molar-refractivity contribution in [2.75, 3.05) is 18.5 Å². The smallest absolute Gasteiger partial charge is 0.342 e. The van der Waals surface area contributed by atoms with Crippen LogP contribution in [0, 0.1) is 13.8 Å². The summed E-state index contributed by atoms with van der Waals surface area (Å²) < 4.78 is 10.8. The first-order chi connectivity index (χ1) is 11.6. The topological polar surface area (TPSA) is 77.2 Å². The third-order valence-electron chi connectivity index (χ3n) is 3.61. The van der Waals surface area contributed by atoms with Gasteiger partial charge < -0.3 is 14.5 Å². The molecule has 24 heavy (non-hydrogen) atoms. The molecule has 0 aliphatic heterocycles. The van der Waals surface area contributed by atoms with Gasteiger partial charge >= 0.3 is 5.97 Å². The van der Waals surface area contributed by atoms with E-state index in [2.05, 4.69) is 32.1 Å². The van der Waals surface area contributed by atoms with Crippen molar-refractivity contribution in [2.45, 2.75) is 27.2 Å². The van der Waals surface area contributed by atoms with E-state index < -0.39 is 5.97 Å². The lowest BCUT2D eigenvalue weighted by Gasteiger charge is -2.08. The van der Waals surface area contributed by atoms with Crippen LogP contribution in [0.15, 0.2) is 21.2 Å². The number of rotatable bonds is 6. The van der Waals surface area contributed by atoms with E-state index in [1.807, 2.05) is 0 Å². The van der Waals surface area contributed by atoms with E-state index in [-0.39, 0.29) is 0 Å². The van der Waals surface area contributed by atoms with Crippen molar-refractivity contribution >= 4 is 34.2 Å². The predicted molar refractivity (Wildman–Crippen MR) is 93.7 cm³/mol. The number of esters is 1. The maximum absolute atomic E-state index is 12.3. The van der Waals surface area contributed by atoms with Gasteiger partial charge in [-0.2, -0.15) is 16.3 Å². The summed E-state index contributed by atoms with van der Waals surface area (Å²) in [7, 11) is 0. The van der Waals surface area contributed by atoms with E-state index in [1.54, 1.807) is 32.1 Å². The molecule has 3 aromatic heterocycles. The Morgan fingerprint density at radius 1 is 1.38 bits per heavy atom. The van der Waals surface area contributed by atoms with E-state index in [0.29, 0.717) is 47.2 Å². The van der Waals surface area contributed by atoms with Crippen molar-refractivity contribution in [1.82, 2.24) is 9.97 Å². The highest BCUT2D eigenvalue weighted by Crippen LogP contribution is 2.30. The third-order valence-corrected chi connectivity index (χ3v) is 4.34. The van der Waals surface area contributed by atoms with Gasteiger partial charge in [0.05, 0.1) is 12.0 Å². The number of thiophene rings is 1. The SMILES string of the molecule is CCOC(=O)c1c(C)oc2nc(C)nc(NCCc3ccsc3)c12. The predicted octanol–water partition coefficient (Wildman–Crippen LogP) is 3.73. The molecule has 0 amide bonds. The zero-order valence-electron chi connectivity index (χ0n) is 13.9. The summed E-state index contributed by atoms with van der Waals surface area (Å²) in [5.41, 5.74) is 2.06. The van der Waals surface area contributed by atoms with Crippen molar-refractivity contribution in [3.8, 4) is 0 Å². The van der Waals surface area contributed by atoms with Crippen LogP contribution in [0.4, 0.5) is 5.82 Å². The fraction of sp³-hybridized carbons (Fsp3) is 0.353. The van der Waals surface area contributed by atoms with Gasteiger partial charge in [0.2, 0.25) is 5.71 Å². The number of furan rings is 1. The molecule has 0 aliphatic rings. The summed E-state index contributed by atoms with van der Waals surface area (Å²) in [6.07, 6.45) is 0.875. The number of aryl methyl sites for hydroxylation is 2. The minimum atomic E-state index is -0.415. The van der Waals surface area contributed by atoms with Gasteiger partial charge in [0.25, 0.3) is 0 Å². The summed E-state index contributed by atoms with van der Waals surface area (Å²) in [4.78, 5) is 21.0. The van der Waals surface area contributed by atoms with Gasteiger partial charge in [0.15, 0.2) is 0 Å². The van der Waals surface area contributed by atoms with Crippen LogP contribution in [0.2, 0.25) is 0 Å². The largest absolute Gasteiger partial charge is 0.462 e. The molecule has 0 aliphatic carbocycles. The first-order valence-corrected chi connectivity index (χ1v) is 8.74. The highest BCUT2D eigenvalue weighted by Gasteiger charge is 2.24. The average molecular weight is 345 g/mol.